The number of primary amides is 1. The summed E-state index contributed by atoms with van der Waals surface area (Å²) in [7, 11) is 1.59. The average molecular weight is 288 g/mol. The molecule has 0 aromatic heterocycles. The molecule has 21 heavy (non-hydrogen) atoms. The number of hydrogen-bond donors (Lipinski definition) is 1. The van der Waals surface area contributed by atoms with E-state index in [1.807, 2.05) is 24.3 Å². The molecule has 0 bridgehead atoms. The lowest BCUT2D eigenvalue weighted by Gasteiger charge is -2.30. The molecule has 5 nitrogen and oxygen atoms in total. The van der Waals surface area contributed by atoms with Crippen LogP contribution in [0.1, 0.15) is 18.4 Å². The minimum Gasteiger partial charge on any atom is -0.496 e. The zero-order valence-corrected chi connectivity index (χ0v) is 12.1. The fourth-order valence-corrected chi connectivity index (χ4v) is 2.48. The van der Waals surface area contributed by atoms with Crippen LogP contribution in [0, 0.1) is 5.92 Å². The van der Waals surface area contributed by atoms with Gasteiger partial charge in [-0.2, -0.15) is 0 Å². The molecule has 0 spiro atoms. The second-order valence-electron chi connectivity index (χ2n) is 5.10. The third-order valence-electron chi connectivity index (χ3n) is 3.68. The Bertz CT molecular complexity index is 554. The lowest BCUT2D eigenvalue weighted by Crippen LogP contribution is -2.43. The molecule has 112 valence electrons. The molecular weight excluding hydrogens is 268 g/mol. The van der Waals surface area contributed by atoms with Gasteiger partial charge < -0.3 is 15.4 Å². The van der Waals surface area contributed by atoms with E-state index in [2.05, 4.69) is 0 Å². The molecule has 0 radical (unpaired) electrons. The van der Waals surface area contributed by atoms with E-state index in [9.17, 15) is 9.59 Å². The van der Waals surface area contributed by atoms with Gasteiger partial charge in [-0.25, -0.2) is 0 Å². The largest absolute Gasteiger partial charge is 0.496 e. The minimum atomic E-state index is -0.332. The zero-order chi connectivity index (χ0) is 15.2. The van der Waals surface area contributed by atoms with Crippen LogP contribution in [0.2, 0.25) is 0 Å². The van der Waals surface area contributed by atoms with Gasteiger partial charge in [0.25, 0.3) is 0 Å². The first-order valence-corrected chi connectivity index (χ1v) is 7.01. The molecule has 1 unspecified atom stereocenters. The summed E-state index contributed by atoms with van der Waals surface area (Å²) in [6.45, 7) is 1.07. The Morgan fingerprint density at radius 3 is 2.86 bits per heavy atom. The molecule has 1 aromatic rings. The van der Waals surface area contributed by atoms with Crippen LogP contribution in [0.5, 0.6) is 5.75 Å². The third kappa shape index (κ3) is 3.84. The van der Waals surface area contributed by atoms with E-state index in [-0.39, 0.29) is 17.7 Å². The molecule has 1 saturated heterocycles. The van der Waals surface area contributed by atoms with Crippen molar-refractivity contribution in [2.24, 2.45) is 11.7 Å². The van der Waals surface area contributed by atoms with E-state index in [1.165, 1.54) is 6.08 Å². The standard InChI is InChI=1S/C16H20N2O3/c1-21-14-7-3-2-5-12(14)8-9-15(19)18-10-4-6-13(11-18)16(17)20/h2-3,5,7-9,13H,4,6,10-11H2,1H3,(H2,17,20)/b9-8+. The quantitative estimate of drug-likeness (QED) is 0.852. The number of nitrogens with two attached hydrogens (primary N) is 1. The van der Waals surface area contributed by atoms with Crippen molar-refractivity contribution >= 4 is 17.9 Å². The summed E-state index contributed by atoms with van der Waals surface area (Å²) in [4.78, 5) is 25.1. The molecule has 5 heteroatoms. The first-order chi connectivity index (χ1) is 10.1. The van der Waals surface area contributed by atoms with Crippen LogP contribution >= 0.6 is 0 Å². The number of nitrogens with zero attached hydrogens (tertiary/aromatic N) is 1. The number of carbonyl (C=O) groups is 2. The lowest BCUT2D eigenvalue weighted by molar-refractivity contribution is -0.130. The predicted octanol–water partition coefficient (Wildman–Crippen LogP) is 1.43. The zero-order valence-electron chi connectivity index (χ0n) is 12.1. The highest BCUT2D eigenvalue weighted by Crippen LogP contribution is 2.20. The number of rotatable bonds is 4. The summed E-state index contributed by atoms with van der Waals surface area (Å²) in [6, 6.07) is 7.48. The van der Waals surface area contributed by atoms with Crippen molar-refractivity contribution < 1.29 is 14.3 Å². The summed E-state index contributed by atoms with van der Waals surface area (Å²) in [5.41, 5.74) is 6.17. The van der Waals surface area contributed by atoms with E-state index in [0.29, 0.717) is 13.1 Å². The Hall–Kier alpha value is -2.30. The molecule has 1 aromatic carbocycles. The average Bonchev–Trinajstić information content (AvgIpc) is 2.52. The van der Waals surface area contributed by atoms with Crippen molar-refractivity contribution in [3.63, 3.8) is 0 Å². The summed E-state index contributed by atoms with van der Waals surface area (Å²) in [6.07, 6.45) is 4.81. The van der Waals surface area contributed by atoms with Crippen molar-refractivity contribution in [2.75, 3.05) is 20.2 Å². The van der Waals surface area contributed by atoms with Gasteiger partial charge in [0.2, 0.25) is 11.8 Å². The van der Waals surface area contributed by atoms with Gasteiger partial charge in [0, 0.05) is 24.7 Å². The van der Waals surface area contributed by atoms with Gasteiger partial charge in [0.1, 0.15) is 5.75 Å². The second kappa shape index (κ2) is 6.92. The first kappa shape index (κ1) is 15.1. The maximum absolute atomic E-state index is 12.2. The van der Waals surface area contributed by atoms with Crippen molar-refractivity contribution in [1.29, 1.82) is 0 Å². The van der Waals surface area contributed by atoms with E-state index >= 15 is 0 Å². The van der Waals surface area contributed by atoms with Crippen LogP contribution in [-0.4, -0.2) is 36.9 Å². The topological polar surface area (TPSA) is 72.6 Å². The van der Waals surface area contributed by atoms with Crippen LogP contribution in [0.15, 0.2) is 30.3 Å². The van der Waals surface area contributed by atoms with Crippen molar-refractivity contribution in [3.05, 3.63) is 35.9 Å². The minimum absolute atomic E-state index is 0.105. The Morgan fingerprint density at radius 2 is 2.14 bits per heavy atom. The Labute approximate surface area is 124 Å². The van der Waals surface area contributed by atoms with Crippen LogP contribution in [0.25, 0.3) is 6.08 Å². The highest BCUT2D eigenvalue weighted by atomic mass is 16.5. The number of amides is 2. The van der Waals surface area contributed by atoms with E-state index in [4.69, 9.17) is 10.5 Å². The molecule has 0 saturated carbocycles. The van der Waals surface area contributed by atoms with Crippen molar-refractivity contribution in [2.45, 2.75) is 12.8 Å². The third-order valence-corrected chi connectivity index (χ3v) is 3.68. The van der Waals surface area contributed by atoms with Crippen LogP contribution < -0.4 is 10.5 Å². The van der Waals surface area contributed by atoms with Gasteiger partial charge in [0.05, 0.1) is 13.0 Å². The summed E-state index contributed by atoms with van der Waals surface area (Å²) in [5.74, 6) is 0.0469. The molecule has 1 atom stereocenters. The van der Waals surface area contributed by atoms with Gasteiger partial charge in [-0.3, -0.25) is 9.59 Å². The fourth-order valence-electron chi connectivity index (χ4n) is 2.48. The van der Waals surface area contributed by atoms with Gasteiger partial charge in [-0.1, -0.05) is 18.2 Å². The SMILES string of the molecule is COc1ccccc1/C=C/C(=O)N1CCCC(C(N)=O)C1. The van der Waals surface area contributed by atoms with Gasteiger partial charge in [-0.05, 0) is 25.0 Å². The molecule has 1 fully saturated rings. The fraction of sp³-hybridized carbons (Fsp3) is 0.375. The number of methoxy groups -OCH3 is 1. The van der Waals surface area contributed by atoms with Crippen molar-refractivity contribution in [1.82, 2.24) is 4.90 Å². The molecular formula is C16H20N2O3. The number of para-hydroxylation sites is 1. The summed E-state index contributed by atoms with van der Waals surface area (Å²) in [5, 5.41) is 0. The van der Waals surface area contributed by atoms with Crippen molar-refractivity contribution in [3.8, 4) is 5.75 Å². The first-order valence-electron chi connectivity index (χ1n) is 7.01. The summed E-state index contributed by atoms with van der Waals surface area (Å²) < 4.78 is 5.23. The Kier molecular flexibility index (Phi) is 4.98. The highest BCUT2D eigenvalue weighted by Gasteiger charge is 2.25. The molecule has 1 aliphatic heterocycles. The molecule has 0 aliphatic carbocycles. The predicted molar refractivity (Wildman–Crippen MR) is 80.5 cm³/mol. The second-order valence-corrected chi connectivity index (χ2v) is 5.10. The lowest BCUT2D eigenvalue weighted by atomic mass is 9.97. The highest BCUT2D eigenvalue weighted by molar-refractivity contribution is 5.92. The van der Waals surface area contributed by atoms with Gasteiger partial charge in [-0.15, -0.1) is 0 Å². The molecule has 1 aliphatic rings. The number of carbonyl (C=O) groups excluding carboxylic acids is 2. The maximum Gasteiger partial charge on any atom is 0.246 e. The van der Waals surface area contributed by atoms with E-state index in [1.54, 1.807) is 18.1 Å². The monoisotopic (exact) mass is 288 g/mol. The molecule has 2 rings (SSSR count). The number of piperidine rings is 1. The smallest absolute Gasteiger partial charge is 0.246 e. The number of benzene rings is 1. The summed E-state index contributed by atoms with van der Waals surface area (Å²) >= 11 is 0. The van der Waals surface area contributed by atoms with E-state index in [0.717, 1.165) is 24.2 Å². The molecule has 2 N–H and O–H groups in total. The molecule has 1 heterocycles. The van der Waals surface area contributed by atoms with E-state index < -0.39 is 0 Å². The number of hydrogen-bond acceptors (Lipinski definition) is 3. The van der Waals surface area contributed by atoms with Gasteiger partial charge >= 0.3 is 0 Å². The van der Waals surface area contributed by atoms with Gasteiger partial charge in [0.15, 0.2) is 0 Å². The molecule has 2 amide bonds. The number of ether oxygens (including phenoxy) is 1. The maximum atomic E-state index is 12.2. The van der Waals surface area contributed by atoms with Crippen LogP contribution in [-0.2, 0) is 9.59 Å². The normalized spacial score (nSPS) is 18.7. The van der Waals surface area contributed by atoms with Crippen LogP contribution in [0.3, 0.4) is 0 Å². The number of likely N-dealkylation sites (tertiary alicyclic amines) is 1. The van der Waals surface area contributed by atoms with Crippen LogP contribution in [0.4, 0.5) is 0 Å². The Morgan fingerprint density at radius 1 is 1.38 bits per heavy atom. The Balaban J connectivity index is 2.03.